The summed E-state index contributed by atoms with van der Waals surface area (Å²) in [4.78, 5) is 14.0. The molecule has 0 aliphatic carbocycles. The van der Waals surface area contributed by atoms with Gasteiger partial charge in [0.05, 0.1) is 28.6 Å². The number of aromatic nitrogens is 4. The van der Waals surface area contributed by atoms with Crippen LogP contribution >= 0.6 is 23.2 Å². The molecule has 100 valence electrons. The van der Waals surface area contributed by atoms with Gasteiger partial charge < -0.3 is 9.72 Å². The fourth-order valence-electron chi connectivity index (χ4n) is 1.12. The molecular weight excluding hydrogens is 315 g/mol. The average molecular weight is 321 g/mol. The summed E-state index contributed by atoms with van der Waals surface area (Å²) in [6, 6.07) is 0.0966. The number of ether oxygens (including phenoxy) is 1. The van der Waals surface area contributed by atoms with E-state index >= 15 is 0 Å². The predicted molar refractivity (Wildman–Crippen MR) is 67.1 cm³/mol. The van der Waals surface area contributed by atoms with Gasteiger partial charge in [0.25, 0.3) is 0 Å². The first-order chi connectivity index (χ1) is 9.06. The minimum atomic E-state index is -2.48. The van der Waals surface area contributed by atoms with E-state index in [1.165, 1.54) is 18.6 Å². The maximum absolute atomic E-state index is 10.9. The quantitative estimate of drug-likeness (QED) is 0.860. The molecule has 10 heteroatoms. The van der Waals surface area contributed by atoms with Crippen LogP contribution in [0.15, 0.2) is 18.6 Å². The number of halogens is 2. The molecule has 0 atom stereocenters. The van der Waals surface area contributed by atoms with Crippen molar-refractivity contribution in [2.45, 2.75) is 6.61 Å². The lowest BCUT2D eigenvalue weighted by Crippen LogP contribution is -2.04. The van der Waals surface area contributed by atoms with Crippen molar-refractivity contribution in [3.05, 3.63) is 39.1 Å². The van der Waals surface area contributed by atoms with Gasteiger partial charge in [-0.3, -0.25) is 0 Å². The van der Waals surface area contributed by atoms with Crippen molar-refractivity contribution < 1.29 is 13.2 Å². The van der Waals surface area contributed by atoms with Crippen LogP contribution in [0.4, 0.5) is 0 Å². The molecule has 0 saturated heterocycles. The molecular formula is C9H6Cl2N4O3S. The minimum absolute atomic E-state index is 0.000161. The van der Waals surface area contributed by atoms with E-state index in [1.54, 1.807) is 0 Å². The van der Waals surface area contributed by atoms with Crippen LogP contribution in [0.25, 0.3) is 0 Å². The van der Waals surface area contributed by atoms with Crippen LogP contribution < -0.4 is 4.74 Å². The Morgan fingerprint density at radius 3 is 2.47 bits per heavy atom. The molecule has 0 spiro atoms. The Balaban J connectivity index is 2.19. The second kappa shape index (κ2) is 6.00. The van der Waals surface area contributed by atoms with E-state index in [2.05, 4.69) is 19.9 Å². The Kier molecular flexibility index (Phi) is 4.35. The molecule has 2 rings (SSSR count). The Morgan fingerprint density at radius 2 is 1.84 bits per heavy atom. The van der Waals surface area contributed by atoms with E-state index in [0.717, 1.165) is 0 Å². The highest BCUT2D eigenvalue weighted by atomic mass is 35.5. The highest BCUT2D eigenvalue weighted by Crippen LogP contribution is 2.09. The lowest BCUT2D eigenvalue weighted by molar-refractivity contribution is 0.271. The predicted octanol–water partition coefficient (Wildman–Crippen LogP) is 1.50. The molecule has 0 aromatic carbocycles. The van der Waals surface area contributed by atoms with Crippen molar-refractivity contribution >= 4 is 33.5 Å². The maximum Gasteiger partial charge on any atom is 0.316 e. The van der Waals surface area contributed by atoms with Crippen LogP contribution in [0, 0.1) is 4.64 Å². The Morgan fingerprint density at radius 1 is 1.16 bits per heavy atom. The van der Waals surface area contributed by atoms with Crippen LogP contribution in [0.5, 0.6) is 6.01 Å². The van der Waals surface area contributed by atoms with Crippen LogP contribution in [-0.2, 0) is 16.9 Å². The zero-order valence-corrected chi connectivity index (χ0v) is 11.5. The second-order valence-corrected chi connectivity index (χ2v) is 4.94. The van der Waals surface area contributed by atoms with Gasteiger partial charge in [0.2, 0.25) is 10.3 Å². The molecule has 19 heavy (non-hydrogen) atoms. The third-order valence-corrected chi connectivity index (χ3v) is 3.16. The van der Waals surface area contributed by atoms with Gasteiger partial charge in [-0.05, 0) is 0 Å². The number of rotatable bonds is 3. The lowest BCUT2D eigenvalue weighted by atomic mass is 10.6. The van der Waals surface area contributed by atoms with Crippen molar-refractivity contribution in [2.24, 2.45) is 0 Å². The summed E-state index contributed by atoms with van der Waals surface area (Å²) >= 11 is 11.3. The Labute approximate surface area is 118 Å². The van der Waals surface area contributed by atoms with Gasteiger partial charge in [0.1, 0.15) is 12.4 Å². The zero-order valence-electron chi connectivity index (χ0n) is 9.17. The van der Waals surface area contributed by atoms with Gasteiger partial charge >= 0.3 is 6.01 Å². The monoisotopic (exact) mass is 320 g/mol. The van der Waals surface area contributed by atoms with Crippen molar-refractivity contribution in [3.63, 3.8) is 0 Å². The molecule has 0 radical (unpaired) electrons. The number of nitrogens with zero attached hydrogens (tertiary/aromatic N) is 3. The van der Waals surface area contributed by atoms with Crippen LogP contribution in [0.1, 0.15) is 5.82 Å². The first-order valence-electron chi connectivity index (χ1n) is 4.82. The maximum atomic E-state index is 10.9. The molecule has 0 fully saturated rings. The summed E-state index contributed by atoms with van der Waals surface area (Å²) in [5.41, 5.74) is 0. The largest absolute Gasteiger partial charge is 0.455 e. The van der Waals surface area contributed by atoms with Gasteiger partial charge in [-0.1, -0.05) is 23.2 Å². The number of nitrogens with one attached hydrogen (secondary N) is 1. The van der Waals surface area contributed by atoms with E-state index in [9.17, 15) is 8.42 Å². The van der Waals surface area contributed by atoms with E-state index in [4.69, 9.17) is 27.9 Å². The molecule has 0 unspecified atom stereocenters. The van der Waals surface area contributed by atoms with Crippen molar-refractivity contribution in [2.75, 3.05) is 0 Å². The Hall–Kier alpha value is -1.64. The van der Waals surface area contributed by atoms with Crippen LogP contribution in [0.3, 0.4) is 0 Å². The zero-order chi connectivity index (χ0) is 13.8. The van der Waals surface area contributed by atoms with Crippen LogP contribution in [0.2, 0.25) is 10.0 Å². The second-order valence-electron chi connectivity index (χ2n) is 3.21. The highest BCUT2D eigenvalue weighted by Gasteiger charge is 2.03. The van der Waals surface area contributed by atoms with E-state index in [1.807, 2.05) is 0 Å². The van der Waals surface area contributed by atoms with Gasteiger partial charge in [0, 0.05) is 0 Å². The lowest BCUT2D eigenvalue weighted by Gasteiger charge is -2.03. The first-order valence-corrected chi connectivity index (χ1v) is 6.65. The number of hydrogen-bond donors (Lipinski definition) is 1. The van der Waals surface area contributed by atoms with Gasteiger partial charge in [-0.25, -0.2) is 15.0 Å². The fourth-order valence-corrected chi connectivity index (χ4v) is 1.91. The third kappa shape index (κ3) is 3.66. The Bertz CT molecular complexity index is 750. The van der Waals surface area contributed by atoms with Gasteiger partial charge in [-0.15, -0.1) is 0 Å². The molecule has 7 nitrogen and oxygen atoms in total. The SMILES string of the molecule is O=S(=O)=c1[nH]c(COc2ncc(Cl)cn2)ncc1Cl. The molecule has 2 aromatic heterocycles. The normalized spacial score (nSPS) is 10.2. The number of aromatic amines is 1. The number of hydrogen-bond acceptors (Lipinski definition) is 6. The van der Waals surface area contributed by atoms with Crippen molar-refractivity contribution in [1.29, 1.82) is 0 Å². The smallest absolute Gasteiger partial charge is 0.316 e. The molecule has 2 heterocycles. The molecule has 0 aliphatic heterocycles. The van der Waals surface area contributed by atoms with Gasteiger partial charge in [-0.2, -0.15) is 8.42 Å². The minimum Gasteiger partial charge on any atom is -0.455 e. The van der Waals surface area contributed by atoms with Crippen molar-refractivity contribution in [1.82, 2.24) is 19.9 Å². The summed E-state index contributed by atoms with van der Waals surface area (Å²) in [6.07, 6.45) is 3.96. The summed E-state index contributed by atoms with van der Waals surface area (Å²) in [6.45, 7) is -0.0387. The fraction of sp³-hybridized carbons (Fsp3) is 0.111. The summed E-state index contributed by atoms with van der Waals surface area (Å²) in [7, 11) is -2.48. The number of H-pyrrole nitrogens is 1. The van der Waals surface area contributed by atoms with E-state index in [-0.39, 0.29) is 28.1 Å². The third-order valence-electron chi connectivity index (χ3n) is 1.91. The first kappa shape index (κ1) is 13.8. The summed E-state index contributed by atoms with van der Waals surface area (Å²) in [5, 5.41) is 0.382. The summed E-state index contributed by atoms with van der Waals surface area (Å²) < 4.78 is 26.8. The topological polar surface area (TPSA) is 97.8 Å². The molecule has 0 aliphatic rings. The van der Waals surface area contributed by atoms with E-state index in [0.29, 0.717) is 5.02 Å². The molecule has 0 saturated carbocycles. The van der Waals surface area contributed by atoms with Gasteiger partial charge in [0.15, 0.2) is 4.64 Å². The standard InChI is InChI=1S/C9H6Cl2N4O3S/c10-5-1-13-9(14-2-5)18-4-7-12-3-6(11)8(15-7)19(16)17/h1-3H,4H2,(H,12,15). The van der Waals surface area contributed by atoms with Crippen molar-refractivity contribution in [3.8, 4) is 6.01 Å². The average Bonchev–Trinajstić information content (AvgIpc) is 2.39. The van der Waals surface area contributed by atoms with Crippen LogP contribution in [-0.4, -0.2) is 28.4 Å². The highest BCUT2D eigenvalue weighted by molar-refractivity contribution is 7.63. The molecule has 0 bridgehead atoms. The molecule has 0 amide bonds. The van der Waals surface area contributed by atoms with E-state index < -0.39 is 10.3 Å². The molecule has 2 aromatic rings. The summed E-state index contributed by atoms with van der Waals surface area (Å²) in [5.74, 6) is 0.266. The molecule has 1 N–H and O–H groups in total.